The molecule has 0 N–H and O–H groups in total. The quantitative estimate of drug-likeness (QED) is 0.321. The molecule has 2 heterocycles. The number of ether oxygens (including phenoxy) is 1. The van der Waals surface area contributed by atoms with Gasteiger partial charge in [0.05, 0.1) is 23.5 Å². The maximum absolute atomic E-state index is 13.9. The third-order valence-corrected chi connectivity index (χ3v) is 6.26. The van der Waals surface area contributed by atoms with Crippen LogP contribution in [0.4, 0.5) is 5.13 Å². The first kappa shape index (κ1) is 20.2. The third kappa shape index (κ3) is 3.81. The molecule has 0 bridgehead atoms. The van der Waals surface area contributed by atoms with Crippen molar-refractivity contribution in [1.82, 2.24) is 9.97 Å². The van der Waals surface area contributed by atoms with Gasteiger partial charge >= 0.3 is 0 Å². The van der Waals surface area contributed by atoms with Crippen molar-refractivity contribution in [2.45, 2.75) is 13.5 Å². The van der Waals surface area contributed by atoms with Crippen LogP contribution in [0.2, 0.25) is 0 Å². The summed E-state index contributed by atoms with van der Waals surface area (Å²) < 4.78 is 6.74. The highest BCUT2D eigenvalue weighted by molar-refractivity contribution is 7.22. The monoisotopic (exact) mass is 439 g/mol. The Morgan fingerprint density at radius 1 is 0.969 bits per heavy atom. The summed E-state index contributed by atoms with van der Waals surface area (Å²) in [5.74, 6) is 0.618. The first-order valence-corrected chi connectivity index (χ1v) is 11.3. The first-order valence-electron chi connectivity index (χ1n) is 10.5. The SMILES string of the molecule is CCOc1cccc2sc(N(Cc3ccccn3)C(=O)c3cccc4ccccc34)nc12. The van der Waals surface area contributed by atoms with Gasteiger partial charge in [-0.2, -0.15) is 0 Å². The number of carbonyl (C=O) groups is 1. The lowest BCUT2D eigenvalue weighted by molar-refractivity contribution is 0.0986. The van der Waals surface area contributed by atoms with Crippen LogP contribution in [0, 0.1) is 0 Å². The van der Waals surface area contributed by atoms with Gasteiger partial charge in [-0.1, -0.05) is 59.9 Å². The predicted octanol–water partition coefficient (Wildman–Crippen LogP) is 6.09. The van der Waals surface area contributed by atoms with Crippen LogP contribution in [0.5, 0.6) is 5.75 Å². The van der Waals surface area contributed by atoms with Gasteiger partial charge in [0.15, 0.2) is 5.13 Å². The van der Waals surface area contributed by atoms with Crippen LogP contribution < -0.4 is 9.64 Å². The number of pyridine rings is 1. The fraction of sp³-hybridized carbons (Fsp3) is 0.115. The molecule has 0 aliphatic heterocycles. The van der Waals surface area contributed by atoms with Crippen molar-refractivity contribution in [1.29, 1.82) is 0 Å². The van der Waals surface area contributed by atoms with Gasteiger partial charge in [0.1, 0.15) is 11.3 Å². The summed E-state index contributed by atoms with van der Waals surface area (Å²) in [5.41, 5.74) is 2.21. The molecule has 0 unspecified atom stereocenters. The Labute approximate surface area is 189 Å². The lowest BCUT2D eigenvalue weighted by Crippen LogP contribution is -2.30. The van der Waals surface area contributed by atoms with Crippen molar-refractivity contribution in [2.75, 3.05) is 11.5 Å². The zero-order valence-corrected chi connectivity index (χ0v) is 18.4. The number of thiazole rings is 1. The summed E-state index contributed by atoms with van der Waals surface area (Å²) >= 11 is 1.48. The minimum atomic E-state index is -0.107. The smallest absolute Gasteiger partial charge is 0.261 e. The largest absolute Gasteiger partial charge is 0.492 e. The van der Waals surface area contributed by atoms with Crippen LogP contribution in [-0.4, -0.2) is 22.5 Å². The minimum Gasteiger partial charge on any atom is -0.492 e. The van der Waals surface area contributed by atoms with Gasteiger partial charge in [0, 0.05) is 11.8 Å². The molecular formula is C26H21N3O2S. The maximum atomic E-state index is 13.9. The summed E-state index contributed by atoms with van der Waals surface area (Å²) in [5, 5.41) is 2.57. The maximum Gasteiger partial charge on any atom is 0.261 e. The molecule has 0 fully saturated rings. The molecule has 0 spiro atoms. The van der Waals surface area contributed by atoms with Gasteiger partial charge in [0.25, 0.3) is 5.91 Å². The molecule has 3 aromatic carbocycles. The standard InChI is InChI=1S/C26H21N3O2S/c1-2-31-22-14-8-15-23-24(22)28-26(32-23)29(17-19-11-5-6-16-27-19)25(30)21-13-7-10-18-9-3-4-12-20(18)21/h3-16H,2,17H2,1H3. The molecule has 6 heteroatoms. The summed E-state index contributed by atoms with van der Waals surface area (Å²) in [6.45, 7) is 2.83. The number of para-hydroxylation sites is 1. The molecule has 0 aliphatic carbocycles. The average Bonchev–Trinajstić information content (AvgIpc) is 3.28. The topological polar surface area (TPSA) is 55.3 Å². The van der Waals surface area contributed by atoms with E-state index in [1.165, 1.54) is 11.3 Å². The Balaban J connectivity index is 1.63. The second-order valence-electron chi connectivity index (χ2n) is 7.27. The molecule has 5 aromatic rings. The van der Waals surface area contributed by atoms with Crippen molar-refractivity contribution in [3.05, 3.63) is 96.3 Å². The number of hydrogen-bond acceptors (Lipinski definition) is 5. The number of anilines is 1. The molecule has 5 rings (SSSR count). The normalized spacial score (nSPS) is 11.0. The summed E-state index contributed by atoms with van der Waals surface area (Å²) in [6, 6.07) is 25.3. The average molecular weight is 440 g/mol. The summed E-state index contributed by atoms with van der Waals surface area (Å²) in [4.78, 5) is 24.9. The zero-order valence-electron chi connectivity index (χ0n) is 17.6. The van der Waals surface area contributed by atoms with Gasteiger partial charge in [-0.3, -0.25) is 14.7 Å². The highest BCUT2D eigenvalue weighted by atomic mass is 32.1. The Kier molecular flexibility index (Phi) is 5.52. The van der Waals surface area contributed by atoms with E-state index >= 15 is 0 Å². The van der Waals surface area contributed by atoms with Gasteiger partial charge < -0.3 is 4.74 Å². The molecule has 158 valence electrons. The zero-order chi connectivity index (χ0) is 21.9. The van der Waals surface area contributed by atoms with Crippen LogP contribution >= 0.6 is 11.3 Å². The van der Waals surface area contributed by atoms with Crippen LogP contribution in [0.3, 0.4) is 0 Å². The number of amides is 1. The van der Waals surface area contributed by atoms with Crippen molar-refractivity contribution in [3.63, 3.8) is 0 Å². The number of nitrogens with zero attached hydrogens (tertiary/aromatic N) is 3. The number of carbonyl (C=O) groups excluding carboxylic acids is 1. The van der Waals surface area contributed by atoms with Gasteiger partial charge in [-0.15, -0.1) is 0 Å². The molecule has 32 heavy (non-hydrogen) atoms. The van der Waals surface area contributed by atoms with Crippen molar-refractivity contribution in [3.8, 4) is 5.75 Å². The van der Waals surface area contributed by atoms with Crippen molar-refractivity contribution in [2.24, 2.45) is 0 Å². The highest BCUT2D eigenvalue weighted by Gasteiger charge is 2.24. The second-order valence-corrected chi connectivity index (χ2v) is 8.28. The van der Waals surface area contributed by atoms with E-state index in [-0.39, 0.29) is 5.91 Å². The van der Waals surface area contributed by atoms with Crippen LogP contribution in [0.15, 0.2) is 85.1 Å². The van der Waals surface area contributed by atoms with E-state index in [4.69, 9.17) is 9.72 Å². The fourth-order valence-electron chi connectivity index (χ4n) is 3.74. The Morgan fingerprint density at radius 3 is 2.62 bits per heavy atom. The molecule has 0 radical (unpaired) electrons. The Bertz CT molecular complexity index is 1390. The Hall–Kier alpha value is -3.77. The third-order valence-electron chi connectivity index (χ3n) is 5.21. The number of benzene rings is 3. The van der Waals surface area contributed by atoms with Gasteiger partial charge in [0.2, 0.25) is 0 Å². The molecule has 0 aliphatic rings. The Morgan fingerprint density at radius 2 is 1.78 bits per heavy atom. The number of fused-ring (bicyclic) bond motifs is 2. The van der Waals surface area contributed by atoms with Crippen molar-refractivity contribution >= 4 is 43.4 Å². The van der Waals surface area contributed by atoms with E-state index in [2.05, 4.69) is 4.98 Å². The van der Waals surface area contributed by atoms with Crippen LogP contribution in [0.25, 0.3) is 21.0 Å². The van der Waals surface area contributed by atoms with Crippen molar-refractivity contribution < 1.29 is 9.53 Å². The van der Waals surface area contributed by atoms with E-state index in [1.54, 1.807) is 11.1 Å². The lowest BCUT2D eigenvalue weighted by Gasteiger charge is -2.20. The molecule has 2 aromatic heterocycles. The lowest BCUT2D eigenvalue weighted by atomic mass is 10.0. The molecule has 0 atom stereocenters. The first-order chi connectivity index (χ1) is 15.7. The summed E-state index contributed by atoms with van der Waals surface area (Å²) in [7, 11) is 0. The summed E-state index contributed by atoms with van der Waals surface area (Å²) in [6.07, 6.45) is 1.74. The van der Waals surface area contributed by atoms with Gasteiger partial charge in [-0.05, 0) is 48.0 Å². The van der Waals surface area contributed by atoms with Crippen LogP contribution in [-0.2, 0) is 6.54 Å². The highest BCUT2D eigenvalue weighted by Crippen LogP contribution is 2.35. The molecular weight excluding hydrogens is 418 g/mol. The number of rotatable bonds is 6. The molecule has 0 saturated heterocycles. The molecule has 5 nitrogen and oxygen atoms in total. The van der Waals surface area contributed by atoms with E-state index in [1.807, 2.05) is 85.8 Å². The fourth-order valence-corrected chi connectivity index (χ4v) is 4.72. The van der Waals surface area contributed by atoms with E-state index in [0.29, 0.717) is 23.8 Å². The predicted molar refractivity (Wildman–Crippen MR) is 129 cm³/mol. The molecule has 1 amide bonds. The van der Waals surface area contributed by atoms with E-state index in [9.17, 15) is 4.79 Å². The van der Waals surface area contributed by atoms with E-state index in [0.717, 1.165) is 32.4 Å². The van der Waals surface area contributed by atoms with Gasteiger partial charge in [-0.25, -0.2) is 4.98 Å². The minimum absolute atomic E-state index is 0.107. The van der Waals surface area contributed by atoms with E-state index < -0.39 is 0 Å². The molecule has 0 saturated carbocycles. The number of hydrogen-bond donors (Lipinski definition) is 0. The van der Waals surface area contributed by atoms with Crippen LogP contribution in [0.1, 0.15) is 23.0 Å². The number of aromatic nitrogens is 2. The second kappa shape index (κ2) is 8.77.